The van der Waals surface area contributed by atoms with E-state index in [1.807, 2.05) is 97.1 Å². The average molecular weight is 511 g/mol. The fraction of sp³-hybridized carbons (Fsp3) is 0. The first-order chi connectivity index (χ1) is 18.7. The van der Waals surface area contributed by atoms with E-state index in [4.69, 9.17) is 31.0 Å². The van der Waals surface area contributed by atoms with Crippen molar-refractivity contribution in [1.29, 1.82) is 0 Å². The molecule has 0 fully saturated rings. The number of halogens is 1. The molecule has 0 unspecified atom stereocenters. The van der Waals surface area contributed by atoms with E-state index in [0.717, 1.165) is 38.6 Å². The van der Waals surface area contributed by atoms with Crippen molar-refractivity contribution in [2.45, 2.75) is 0 Å². The summed E-state index contributed by atoms with van der Waals surface area (Å²) in [5, 5.41) is 2.45. The van der Waals surface area contributed by atoms with Crippen LogP contribution in [0, 0.1) is 0 Å². The molecule has 0 amide bonds. The summed E-state index contributed by atoms with van der Waals surface area (Å²) >= 11 is 6.39. The minimum absolute atomic E-state index is 0.562. The second-order valence-electron chi connectivity index (χ2n) is 8.87. The second-order valence-corrected chi connectivity index (χ2v) is 9.28. The number of nitrogens with zero attached hydrogens (tertiary/aromatic N) is 4. The van der Waals surface area contributed by atoms with Crippen molar-refractivity contribution in [1.82, 2.24) is 19.9 Å². The molecule has 180 valence electrons. The molecule has 0 saturated carbocycles. The van der Waals surface area contributed by atoms with Gasteiger partial charge in [0.2, 0.25) is 5.71 Å². The van der Waals surface area contributed by atoms with Crippen LogP contribution >= 0.6 is 11.6 Å². The van der Waals surface area contributed by atoms with Crippen LogP contribution in [0.25, 0.3) is 67.4 Å². The third-order valence-corrected chi connectivity index (χ3v) is 6.80. The van der Waals surface area contributed by atoms with E-state index < -0.39 is 0 Å². The van der Waals surface area contributed by atoms with Crippen molar-refractivity contribution in [2.24, 2.45) is 0 Å². The maximum absolute atomic E-state index is 6.39. The van der Waals surface area contributed by atoms with E-state index >= 15 is 0 Å². The van der Waals surface area contributed by atoms with Crippen LogP contribution in [0.15, 0.2) is 120 Å². The van der Waals surface area contributed by atoms with Gasteiger partial charge in [-0.05, 0) is 23.3 Å². The highest BCUT2D eigenvalue weighted by molar-refractivity contribution is 6.36. The lowest BCUT2D eigenvalue weighted by Gasteiger charge is -2.09. The summed E-state index contributed by atoms with van der Waals surface area (Å²) in [7, 11) is 0. The molecule has 3 aromatic heterocycles. The van der Waals surface area contributed by atoms with Crippen LogP contribution in [0.3, 0.4) is 0 Å². The van der Waals surface area contributed by atoms with Gasteiger partial charge in [-0.2, -0.15) is 0 Å². The summed E-state index contributed by atoms with van der Waals surface area (Å²) in [6, 6.07) is 35.9. The highest BCUT2D eigenvalue weighted by atomic mass is 35.5. The van der Waals surface area contributed by atoms with Crippen LogP contribution in [-0.2, 0) is 0 Å². The van der Waals surface area contributed by atoms with Gasteiger partial charge in [0.1, 0.15) is 0 Å². The number of benzene rings is 4. The van der Waals surface area contributed by atoms with Crippen molar-refractivity contribution < 1.29 is 4.42 Å². The molecule has 4 aromatic carbocycles. The predicted octanol–water partition coefficient (Wildman–Crippen LogP) is 8.49. The SMILES string of the molecule is Clc1cccc2c1oc1nccc(-c3ccc(-c4nc(-c5ccccc5)nc(-c5ccccc5)n4)cc3)c12. The zero-order valence-electron chi connectivity index (χ0n) is 20.0. The quantitative estimate of drug-likeness (QED) is 0.237. The van der Waals surface area contributed by atoms with Crippen molar-refractivity contribution in [3.8, 4) is 45.3 Å². The first-order valence-electron chi connectivity index (χ1n) is 12.2. The molecule has 0 bridgehead atoms. The molecule has 38 heavy (non-hydrogen) atoms. The number of rotatable bonds is 4. The number of fused-ring (bicyclic) bond motifs is 3. The number of hydrogen-bond donors (Lipinski definition) is 0. The minimum atomic E-state index is 0.562. The molecule has 7 aromatic rings. The smallest absolute Gasteiger partial charge is 0.227 e. The van der Waals surface area contributed by atoms with E-state index in [1.54, 1.807) is 6.20 Å². The van der Waals surface area contributed by atoms with Gasteiger partial charge in [0.25, 0.3) is 0 Å². The fourth-order valence-corrected chi connectivity index (χ4v) is 4.88. The number of para-hydroxylation sites is 1. The Morgan fingerprint density at radius 3 is 1.68 bits per heavy atom. The molecule has 5 nitrogen and oxygen atoms in total. The molecule has 0 aliphatic carbocycles. The average Bonchev–Trinajstić information content (AvgIpc) is 3.38. The Morgan fingerprint density at radius 1 is 0.526 bits per heavy atom. The molecular formula is C32H19ClN4O. The second kappa shape index (κ2) is 9.21. The summed E-state index contributed by atoms with van der Waals surface area (Å²) in [5.74, 6) is 1.89. The maximum Gasteiger partial charge on any atom is 0.227 e. The topological polar surface area (TPSA) is 64.7 Å². The van der Waals surface area contributed by atoms with E-state index in [0.29, 0.717) is 33.8 Å². The molecule has 0 N–H and O–H groups in total. The van der Waals surface area contributed by atoms with Crippen LogP contribution in [-0.4, -0.2) is 19.9 Å². The first-order valence-corrected chi connectivity index (χ1v) is 12.6. The summed E-state index contributed by atoms with van der Waals surface area (Å²) in [4.78, 5) is 18.9. The van der Waals surface area contributed by atoms with Gasteiger partial charge in [0, 0.05) is 28.3 Å². The highest BCUT2D eigenvalue weighted by Crippen LogP contribution is 2.38. The van der Waals surface area contributed by atoms with Crippen molar-refractivity contribution >= 4 is 33.7 Å². The van der Waals surface area contributed by atoms with Crippen LogP contribution in [0.5, 0.6) is 0 Å². The molecule has 3 heterocycles. The Bertz CT molecular complexity index is 1860. The molecule has 7 rings (SSSR count). The molecule has 0 saturated heterocycles. The lowest BCUT2D eigenvalue weighted by Crippen LogP contribution is -2.00. The van der Waals surface area contributed by atoms with E-state index in [1.165, 1.54) is 0 Å². The third-order valence-electron chi connectivity index (χ3n) is 6.50. The maximum atomic E-state index is 6.39. The predicted molar refractivity (Wildman–Crippen MR) is 152 cm³/mol. The number of furan rings is 1. The summed E-state index contributed by atoms with van der Waals surface area (Å²) in [6.07, 6.45) is 1.76. The standard InChI is InChI=1S/C32H19ClN4O/c33-26-13-7-12-25-27-24(18-19-34-32(27)38-28(25)26)20-14-16-23(17-15-20)31-36-29(21-8-3-1-4-9-21)35-30(37-31)22-10-5-2-6-11-22/h1-19H. The normalized spacial score (nSPS) is 11.3. The van der Waals surface area contributed by atoms with Gasteiger partial charge in [-0.25, -0.2) is 19.9 Å². The Kier molecular flexibility index (Phi) is 5.42. The molecule has 0 radical (unpaired) electrons. The number of hydrogen-bond acceptors (Lipinski definition) is 5. The monoisotopic (exact) mass is 510 g/mol. The molecule has 0 aliphatic heterocycles. The van der Waals surface area contributed by atoms with Crippen LogP contribution in [0.2, 0.25) is 5.02 Å². The van der Waals surface area contributed by atoms with Gasteiger partial charge < -0.3 is 4.42 Å². The lowest BCUT2D eigenvalue weighted by molar-refractivity contribution is 0.654. The summed E-state index contributed by atoms with van der Waals surface area (Å²) in [6.45, 7) is 0. The van der Waals surface area contributed by atoms with Crippen molar-refractivity contribution in [2.75, 3.05) is 0 Å². The minimum Gasteiger partial charge on any atom is -0.436 e. The lowest BCUT2D eigenvalue weighted by atomic mass is 10.00. The fourth-order valence-electron chi connectivity index (χ4n) is 4.66. The molecule has 0 aliphatic rings. The van der Waals surface area contributed by atoms with Crippen LogP contribution < -0.4 is 0 Å². The Morgan fingerprint density at radius 2 is 1.08 bits per heavy atom. The summed E-state index contributed by atoms with van der Waals surface area (Å²) < 4.78 is 5.98. The van der Waals surface area contributed by atoms with Gasteiger partial charge in [-0.3, -0.25) is 0 Å². The zero-order valence-corrected chi connectivity index (χ0v) is 20.8. The molecule has 0 spiro atoms. The van der Waals surface area contributed by atoms with Crippen LogP contribution in [0.4, 0.5) is 0 Å². The van der Waals surface area contributed by atoms with E-state index in [2.05, 4.69) is 17.1 Å². The van der Waals surface area contributed by atoms with Crippen molar-refractivity contribution in [3.05, 3.63) is 120 Å². The van der Waals surface area contributed by atoms with Gasteiger partial charge in [-0.1, -0.05) is 109 Å². The van der Waals surface area contributed by atoms with Gasteiger partial charge in [0.15, 0.2) is 23.1 Å². The molecule has 0 atom stereocenters. The van der Waals surface area contributed by atoms with Crippen LogP contribution in [0.1, 0.15) is 0 Å². The first kappa shape index (κ1) is 22.3. The number of aromatic nitrogens is 4. The van der Waals surface area contributed by atoms with Gasteiger partial charge in [-0.15, -0.1) is 0 Å². The van der Waals surface area contributed by atoms with E-state index in [-0.39, 0.29) is 0 Å². The third kappa shape index (κ3) is 3.90. The summed E-state index contributed by atoms with van der Waals surface area (Å²) in [5.41, 5.74) is 6.04. The van der Waals surface area contributed by atoms with Gasteiger partial charge in [0.05, 0.1) is 10.4 Å². The Labute approximate surface area is 223 Å². The number of pyridine rings is 1. The van der Waals surface area contributed by atoms with Gasteiger partial charge >= 0.3 is 0 Å². The van der Waals surface area contributed by atoms with E-state index in [9.17, 15) is 0 Å². The zero-order chi connectivity index (χ0) is 25.5. The Balaban J connectivity index is 1.35. The Hall–Kier alpha value is -4.87. The van der Waals surface area contributed by atoms with Crippen molar-refractivity contribution in [3.63, 3.8) is 0 Å². The molecule has 6 heteroatoms. The highest BCUT2D eigenvalue weighted by Gasteiger charge is 2.16. The largest absolute Gasteiger partial charge is 0.436 e. The molecular weight excluding hydrogens is 492 g/mol.